The standard InChI is InChI=1S/C13H12ClF3N2S/c1-7(12-6-20-8(2)19-12)18-11-5-9(13(15,16)17)3-4-10(11)14/h3-7,18H,1-2H3. The number of benzene rings is 1. The van der Waals surface area contributed by atoms with Crippen LogP contribution in [0, 0.1) is 6.92 Å². The second-order valence-corrected chi connectivity index (χ2v) is 5.82. The van der Waals surface area contributed by atoms with Gasteiger partial charge in [-0.1, -0.05) is 11.6 Å². The second kappa shape index (κ2) is 5.61. The lowest BCUT2D eigenvalue weighted by Gasteiger charge is -2.16. The minimum atomic E-state index is -4.39. The Morgan fingerprint density at radius 2 is 2.05 bits per heavy atom. The fourth-order valence-electron chi connectivity index (χ4n) is 1.70. The third kappa shape index (κ3) is 3.43. The molecule has 0 aliphatic carbocycles. The third-order valence-corrected chi connectivity index (χ3v) is 3.87. The molecule has 0 aliphatic heterocycles. The van der Waals surface area contributed by atoms with Crippen LogP contribution < -0.4 is 5.32 Å². The molecule has 1 atom stereocenters. The smallest absolute Gasteiger partial charge is 0.376 e. The Kier molecular flexibility index (Phi) is 4.25. The molecule has 0 spiro atoms. The molecule has 0 saturated heterocycles. The van der Waals surface area contributed by atoms with Gasteiger partial charge in [-0.05, 0) is 32.0 Å². The lowest BCUT2D eigenvalue weighted by atomic mass is 10.1. The van der Waals surface area contributed by atoms with Gasteiger partial charge < -0.3 is 5.32 Å². The predicted octanol–water partition coefficient (Wildman–Crippen LogP) is 5.30. The number of hydrogen-bond acceptors (Lipinski definition) is 3. The number of aromatic nitrogens is 1. The average Bonchev–Trinajstić information content (AvgIpc) is 2.77. The summed E-state index contributed by atoms with van der Waals surface area (Å²) in [6.07, 6.45) is -4.39. The van der Waals surface area contributed by atoms with Crippen molar-refractivity contribution in [2.24, 2.45) is 0 Å². The number of halogens is 4. The van der Waals surface area contributed by atoms with Crippen molar-refractivity contribution in [3.63, 3.8) is 0 Å². The molecule has 1 unspecified atom stereocenters. The van der Waals surface area contributed by atoms with Gasteiger partial charge in [0.1, 0.15) is 0 Å². The quantitative estimate of drug-likeness (QED) is 0.830. The molecule has 0 radical (unpaired) electrons. The Labute approximate surface area is 123 Å². The van der Waals surface area contributed by atoms with Crippen molar-refractivity contribution in [1.82, 2.24) is 4.98 Å². The van der Waals surface area contributed by atoms with Crippen LogP contribution in [-0.4, -0.2) is 4.98 Å². The maximum Gasteiger partial charge on any atom is 0.416 e. The summed E-state index contributed by atoms with van der Waals surface area (Å²) >= 11 is 7.43. The van der Waals surface area contributed by atoms with Gasteiger partial charge >= 0.3 is 6.18 Å². The summed E-state index contributed by atoms with van der Waals surface area (Å²) in [6.45, 7) is 3.70. The first-order valence-corrected chi connectivity index (χ1v) is 7.08. The van der Waals surface area contributed by atoms with E-state index >= 15 is 0 Å². The van der Waals surface area contributed by atoms with E-state index in [0.29, 0.717) is 0 Å². The number of aryl methyl sites for hydroxylation is 1. The van der Waals surface area contributed by atoms with E-state index in [1.807, 2.05) is 19.2 Å². The number of nitrogens with zero attached hydrogens (tertiary/aromatic N) is 1. The van der Waals surface area contributed by atoms with Crippen LogP contribution in [0.3, 0.4) is 0 Å². The Balaban J connectivity index is 2.24. The van der Waals surface area contributed by atoms with Gasteiger partial charge in [0.05, 0.1) is 33.0 Å². The van der Waals surface area contributed by atoms with E-state index in [1.54, 1.807) is 0 Å². The van der Waals surface area contributed by atoms with Gasteiger partial charge in [-0.3, -0.25) is 0 Å². The highest BCUT2D eigenvalue weighted by molar-refractivity contribution is 7.09. The van der Waals surface area contributed by atoms with Gasteiger partial charge in [-0.15, -0.1) is 11.3 Å². The van der Waals surface area contributed by atoms with Crippen LogP contribution in [0.1, 0.15) is 29.2 Å². The number of alkyl halides is 3. The molecule has 1 aromatic heterocycles. The van der Waals surface area contributed by atoms with Gasteiger partial charge in [-0.25, -0.2) is 4.98 Å². The summed E-state index contributed by atoms with van der Waals surface area (Å²) < 4.78 is 38.0. The Morgan fingerprint density at radius 3 is 2.60 bits per heavy atom. The van der Waals surface area contributed by atoms with Gasteiger partial charge in [-0.2, -0.15) is 13.2 Å². The molecular formula is C13H12ClF3N2S. The van der Waals surface area contributed by atoms with Crippen LogP contribution in [0.2, 0.25) is 5.02 Å². The molecule has 0 amide bonds. The highest BCUT2D eigenvalue weighted by Gasteiger charge is 2.31. The summed E-state index contributed by atoms with van der Waals surface area (Å²) in [5.41, 5.74) is 0.298. The third-order valence-electron chi connectivity index (χ3n) is 2.75. The maximum absolute atomic E-state index is 12.7. The van der Waals surface area contributed by atoms with Crippen molar-refractivity contribution in [3.8, 4) is 0 Å². The molecule has 1 heterocycles. The van der Waals surface area contributed by atoms with Crippen LogP contribution in [0.15, 0.2) is 23.6 Å². The number of nitrogens with one attached hydrogen (secondary N) is 1. The lowest BCUT2D eigenvalue weighted by molar-refractivity contribution is -0.137. The van der Waals surface area contributed by atoms with Crippen LogP contribution >= 0.6 is 22.9 Å². The first-order valence-electron chi connectivity index (χ1n) is 5.82. The Hall–Kier alpha value is -1.27. The van der Waals surface area contributed by atoms with Gasteiger partial charge in [0, 0.05) is 5.38 Å². The van der Waals surface area contributed by atoms with E-state index in [9.17, 15) is 13.2 Å². The molecule has 0 fully saturated rings. The van der Waals surface area contributed by atoms with E-state index < -0.39 is 11.7 Å². The second-order valence-electron chi connectivity index (χ2n) is 4.35. The molecule has 1 aromatic carbocycles. The molecule has 2 nitrogen and oxygen atoms in total. The lowest BCUT2D eigenvalue weighted by Crippen LogP contribution is -2.10. The first-order chi connectivity index (χ1) is 9.27. The number of rotatable bonds is 3. The predicted molar refractivity (Wildman–Crippen MR) is 75.3 cm³/mol. The Bertz CT molecular complexity index is 610. The van der Waals surface area contributed by atoms with Crippen molar-refractivity contribution in [1.29, 1.82) is 0 Å². The van der Waals surface area contributed by atoms with Crippen molar-refractivity contribution in [2.45, 2.75) is 26.1 Å². The molecule has 2 rings (SSSR count). The molecular weight excluding hydrogens is 309 g/mol. The minimum Gasteiger partial charge on any atom is -0.376 e. The van der Waals surface area contributed by atoms with Crippen LogP contribution in [-0.2, 0) is 6.18 Å². The SMILES string of the molecule is Cc1nc(C(C)Nc2cc(C(F)(F)F)ccc2Cl)cs1. The number of thiazole rings is 1. The number of hydrogen-bond donors (Lipinski definition) is 1. The molecule has 7 heteroatoms. The summed E-state index contributed by atoms with van der Waals surface area (Å²) in [5.74, 6) is 0. The normalized spacial score (nSPS) is 13.3. The van der Waals surface area contributed by atoms with Gasteiger partial charge in [0.15, 0.2) is 0 Å². The van der Waals surface area contributed by atoms with Gasteiger partial charge in [0.2, 0.25) is 0 Å². The zero-order chi connectivity index (χ0) is 14.9. The molecule has 20 heavy (non-hydrogen) atoms. The topological polar surface area (TPSA) is 24.9 Å². The molecule has 0 aliphatic rings. The molecule has 0 bridgehead atoms. The Morgan fingerprint density at radius 1 is 1.35 bits per heavy atom. The zero-order valence-corrected chi connectivity index (χ0v) is 12.3. The van der Waals surface area contributed by atoms with E-state index in [1.165, 1.54) is 17.4 Å². The number of anilines is 1. The van der Waals surface area contributed by atoms with Crippen molar-refractivity contribution < 1.29 is 13.2 Å². The fourth-order valence-corrected chi connectivity index (χ4v) is 2.58. The molecule has 0 saturated carbocycles. The fraction of sp³-hybridized carbons (Fsp3) is 0.308. The van der Waals surface area contributed by atoms with E-state index in [4.69, 9.17) is 11.6 Å². The highest BCUT2D eigenvalue weighted by atomic mass is 35.5. The first kappa shape index (κ1) is 15.1. The molecule has 108 valence electrons. The molecule has 2 aromatic rings. The van der Waals surface area contributed by atoms with Crippen LogP contribution in [0.5, 0.6) is 0 Å². The maximum atomic E-state index is 12.7. The molecule has 1 N–H and O–H groups in total. The van der Waals surface area contributed by atoms with Crippen LogP contribution in [0.4, 0.5) is 18.9 Å². The summed E-state index contributed by atoms with van der Waals surface area (Å²) in [4.78, 5) is 4.30. The van der Waals surface area contributed by atoms with E-state index in [0.717, 1.165) is 22.8 Å². The van der Waals surface area contributed by atoms with Crippen molar-refractivity contribution in [3.05, 3.63) is 44.9 Å². The average molecular weight is 321 g/mol. The minimum absolute atomic E-state index is 0.221. The van der Waals surface area contributed by atoms with Crippen LogP contribution in [0.25, 0.3) is 0 Å². The van der Waals surface area contributed by atoms with Crippen molar-refractivity contribution in [2.75, 3.05) is 5.32 Å². The summed E-state index contributed by atoms with van der Waals surface area (Å²) in [6, 6.07) is 3.00. The van der Waals surface area contributed by atoms with Gasteiger partial charge in [0.25, 0.3) is 0 Å². The largest absolute Gasteiger partial charge is 0.416 e. The summed E-state index contributed by atoms with van der Waals surface area (Å²) in [7, 11) is 0. The van der Waals surface area contributed by atoms with E-state index in [-0.39, 0.29) is 16.8 Å². The highest BCUT2D eigenvalue weighted by Crippen LogP contribution is 2.35. The summed E-state index contributed by atoms with van der Waals surface area (Å²) in [5, 5.41) is 5.99. The van der Waals surface area contributed by atoms with Crippen molar-refractivity contribution >= 4 is 28.6 Å². The monoisotopic (exact) mass is 320 g/mol. The zero-order valence-electron chi connectivity index (χ0n) is 10.8. The van der Waals surface area contributed by atoms with E-state index in [2.05, 4.69) is 10.3 Å².